The molecule has 4 aromatic rings. The van der Waals surface area contributed by atoms with Crippen molar-refractivity contribution in [3.63, 3.8) is 0 Å². The highest BCUT2D eigenvalue weighted by Gasteiger charge is 2.14. The van der Waals surface area contributed by atoms with E-state index >= 15 is 0 Å². The number of carbonyl (C=O) groups is 1. The smallest absolute Gasteiger partial charge is 0.329 e. The van der Waals surface area contributed by atoms with Gasteiger partial charge in [0.2, 0.25) is 12.3 Å². The SMILES string of the molecule is CCn1c(=O)n(CCC(=O)Oc2ccc(-c3nnco3)cc2)c2ccccc21. The summed E-state index contributed by atoms with van der Waals surface area (Å²) in [6.45, 7) is 2.75. The summed E-state index contributed by atoms with van der Waals surface area (Å²) in [5, 5.41) is 7.45. The van der Waals surface area contributed by atoms with Gasteiger partial charge in [-0.25, -0.2) is 4.79 Å². The number of aromatic nitrogens is 4. The van der Waals surface area contributed by atoms with Crippen LogP contribution >= 0.6 is 0 Å². The van der Waals surface area contributed by atoms with Crippen LogP contribution in [0.25, 0.3) is 22.5 Å². The van der Waals surface area contributed by atoms with Crippen LogP contribution in [-0.4, -0.2) is 25.3 Å². The molecule has 0 N–H and O–H groups in total. The average molecular weight is 378 g/mol. The Morgan fingerprint density at radius 1 is 1.07 bits per heavy atom. The number of ether oxygens (including phenoxy) is 1. The molecule has 0 unspecified atom stereocenters. The Bertz CT molecular complexity index is 1160. The molecule has 28 heavy (non-hydrogen) atoms. The van der Waals surface area contributed by atoms with Gasteiger partial charge in [-0.15, -0.1) is 10.2 Å². The standard InChI is InChI=1S/C20H18N4O4/c1-2-23-16-5-3-4-6-17(16)24(20(23)26)12-11-18(25)28-15-9-7-14(8-10-15)19-22-21-13-27-19/h3-10,13H,2,11-12H2,1H3. The maximum atomic E-state index is 12.6. The van der Waals surface area contributed by atoms with Crippen LogP contribution in [0.5, 0.6) is 5.75 Å². The van der Waals surface area contributed by atoms with Crippen molar-refractivity contribution in [1.29, 1.82) is 0 Å². The summed E-state index contributed by atoms with van der Waals surface area (Å²) in [5.41, 5.74) is 2.28. The van der Waals surface area contributed by atoms with Gasteiger partial charge in [-0.1, -0.05) is 12.1 Å². The lowest BCUT2D eigenvalue weighted by Crippen LogP contribution is -2.25. The van der Waals surface area contributed by atoms with Crippen molar-refractivity contribution >= 4 is 17.0 Å². The fraction of sp³-hybridized carbons (Fsp3) is 0.200. The number of rotatable bonds is 6. The number of carbonyl (C=O) groups excluding carboxylic acids is 1. The third kappa shape index (κ3) is 3.32. The van der Waals surface area contributed by atoms with Crippen molar-refractivity contribution in [3.8, 4) is 17.2 Å². The van der Waals surface area contributed by atoms with E-state index in [0.717, 1.165) is 16.6 Å². The van der Waals surface area contributed by atoms with Crippen LogP contribution < -0.4 is 10.4 Å². The van der Waals surface area contributed by atoms with Gasteiger partial charge in [0, 0.05) is 18.7 Å². The van der Waals surface area contributed by atoms with Gasteiger partial charge in [-0.05, 0) is 43.3 Å². The zero-order chi connectivity index (χ0) is 19.5. The molecule has 2 aromatic heterocycles. The molecule has 0 saturated heterocycles. The summed E-state index contributed by atoms with van der Waals surface area (Å²) >= 11 is 0. The Morgan fingerprint density at radius 3 is 2.43 bits per heavy atom. The fourth-order valence-corrected chi connectivity index (χ4v) is 3.14. The molecule has 0 bridgehead atoms. The van der Waals surface area contributed by atoms with Gasteiger partial charge in [0.1, 0.15) is 5.75 Å². The lowest BCUT2D eigenvalue weighted by atomic mass is 10.2. The molecule has 0 fully saturated rings. The number of nitrogens with zero attached hydrogens (tertiary/aromatic N) is 4. The number of para-hydroxylation sites is 2. The first-order valence-corrected chi connectivity index (χ1v) is 8.92. The number of imidazole rings is 1. The minimum absolute atomic E-state index is 0.0863. The number of esters is 1. The van der Waals surface area contributed by atoms with Crippen LogP contribution in [0.1, 0.15) is 13.3 Å². The predicted octanol–water partition coefficient (Wildman–Crippen LogP) is 2.87. The average Bonchev–Trinajstić information content (AvgIpc) is 3.33. The minimum Gasteiger partial charge on any atom is -0.426 e. The molecular formula is C20H18N4O4. The molecule has 0 aliphatic rings. The molecule has 0 amide bonds. The molecule has 2 heterocycles. The summed E-state index contributed by atoms with van der Waals surface area (Å²) in [7, 11) is 0. The van der Waals surface area contributed by atoms with E-state index in [9.17, 15) is 9.59 Å². The largest absolute Gasteiger partial charge is 0.426 e. The van der Waals surface area contributed by atoms with Gasteiger partial charge in [0.25, 0.3) is 0 Å². The number of fused-ring (bicyclic) bond motifs is 1. The molecule has 0 aliphatic heterocycles. The van der Waals surface area contributed by atoms with Crippen LogP contribution in [0.2, 0.25) is 0 Å². The highest BCUT2D eigenvalue weighted by molar-refractivity contribution is 5.77. The first-order valence-electron chi connectivity index (χ1n) is 8.92. The summed E-state index contributed by atoms with van der Waals surface area (Å²) in [5.74, 6) is 0.395. The van der Waals surface area contributed by atoms with Crippen molar-refractivity contribution in [1.82, 2.24) is 19.3 Å². The van der Waals surface area contributed by atoms with Crippen LogP contribution in [-0.2, 0) is 17.9 Å². The second-order valence-corrected chi connectivity index (χ2v) is 6.16. The first kappa shape index (κ1) is 17.7. The Hall–Kier alpha value is -3.68. The summed E-state index contributed by atoms with van der Waals surface area (Å²) < 4.78 is 13.8. The number of hydrogen-bond donors (Lipinski definition) is 0. The van der Waals surface area contributed by atoms with Crippen molar-refractivity contribution < 1.29 is 13.9 Å². The first-order chi connectivity index (χ1) is 13.7. The Balaban J connectivity index is 1.45. The molecule has 0 aliphatic carbocycles. The van der Waals surface area contributed by atoms with Crippen LogP contribution in [0.15, 0.2) is 64.1 Å². The van der Waals surface area contributed by atoms with Gasteiger partial charge in [0.15, 0.2) is 0 Å². The molecule has 0 spiro atoms. The normalized spacial score (nSPS) is 11.0. The van der Waals surface area contributed by atoms with Crippen LogP contribution in [0.3, 0.4) is 0 Å². The van der Waals surface area contributed by atoms with E-state index in [4.69, 9.17) is 9.15 Å². The highest BCUT2D eigenvalue weighted by Crippen LogP contribution is 2.20. The van der Waals surface area contributed by atoms with E-state index in [1.54, 1.807) is 33.4 Å². The van der Waals surface area contributed by atoms with Gasteiger partial charge in [-0.2, -0.15) is 0 Å². The Morgan fingerprint density at radius 2 is 1.79 bits per heavy atom. The third-order valence-electron chi connectivity index (χ3n) is 4.47. The molecule has 142 valence electrons. The zero-order valence-electron chi connectivity index (χ0n) is 15.2. The van der Waals surface area contributed by atoms with Crippen LogP contribution in [0, 0.1) is 0 Å². The third-order valence-corrected chi connectivity index (χ3v) is 4.47. The maximum absolute atomic E-state index is 12.6. The molecule has 8 nitrogen and oxygen atoms in total. The predicted molar refractivity (Wildman–Crippen MR) is 102 cm³/mol. The molecular weight excluding hydrogens is 360 g/mol. The second kappa shape index (κ2) is 7.51. The van der Waals surface area contributed by atoms with E-state index in [1.807, 2.05) is 31.2 Å². The summed E-state index contributed by atoms with van der Waals surface area (Å²) in [6, 6.07) is 14.3. The van der Waals surface area contributed by atoms with E-state index in [1.165, 1.54) is 6.39 Å². The quantitative estimate of drug-likeness (QED) is 0.378. The molecule has 0 radical (unpaired) electrons. The van der Waals surface area contributed by atoms with E-state index in [2.05, 4.69) is 10.2 Å². The lowest BCUT2D eigenvalue weighted by Gasteiger charge is -2.06. The zero-order valence-corrected chi connectivity index (χ0v) is 15.2. The van der Waals surface area contributed by atoms with Crippen molar-refractivity contribution in [3.05, 3.63) is 65.4 Å². The number of hydrogen-bond acceptors (Lipinski definition) is 6. The van der Waals surface area contributed by atoms with Crippen molar-refractivity contribution in [2.24, 2.45) is 0 Å². The van der Waals surface area contributed by atoms with Crippen molar-refractivity contribution in [2.75, 3.05) is 0 Å². The molecule has 0 saturated carbocycles. The molecule has 8 heteroatoms. The van der Waals surface area contributed by atoms with Crippen LogP contribution in [0.4, 0.5) is 0 Å². The van der Waals surface area contributed by atoms with E-state index in [-0.39, 0.29) is 18.7 Å². The molecule has 4 rings (SSSR count). The number of aryl methyl sites for hydroxylation is 2. The second-order valence-electron chi connectivity index (χ2n) is 6.16. The molecule has 0 atom stereocenters. The summed E-state index contributed by atoms with van der Waals surface area (Å²) in [6.07, 6.45) is 1.34. The monoisotopic (exact) mass is 378 g/mol. The van der Waals surface area contributed by atoms with Gasteiger partial charge in [-0.3, -0.25) is 13.9 Å². The molecule has 2 aromatic carbocycles. The maximum Gasteiger partial charge on any atom is 0.329 e. The van der Waals surface area contributed by atoms with Gasteiger partial charge in [0.05, 0.1) is 17.5 Å². The summed E-state index contributed by atoms with van der Waals surface area (Å²) in [4.78, 5) is 24.8. The van der Waals surface area contributed by atoms with Crippen molar-refractivity contribution in [2.45, 2.75) is 26.4 Å². The van der Waals surface area contributed by atoms with E-state index < -0.39 is 5.97 Å². The number of benzene rings is 2. The minimum atomic E-state index is -0.411. The highest BCUT2D eigenvalue weighted by atomic mass is 16.5. The topological polar surface area (TPSA) is 92.2 Å². The Kier molecular flexibility index (Phi) is 4.76. The lowest BCUT2D eigenvalue weighted by molar-refractivity contribution is -0.134. The Labute approximate surface area is 160 Å². The van der Waals surface area contributed by atoms with E-state index in [0.29, 0.717) is 18.2 Å². The fourth-order valence-electron chi connectivity index (χ4n) is 3.14. The van der Waals surface area contributed by atoms with Gasteiger partial charge < -0.3 is 9.15 Å². The van der Waals surface area contributed by atoms with Gasteiger partial charge >= 0.3 is 11.7 Å².